The number of benzene rings is 1. The predicted octanol–water partition coefficient (Wildman–Crippen LogP) is 2.74. The first-order chi connectivity index (χ1) is 8.90. The fourth-order valence-electron chi connectivity index (χ4n) is 1.46. The number of carbonyl (C=O) groups is 2. The van der Waals surface area contributed by atoms with E-state index in [1.54, 1.807) is 18.2 Å². The average Bonchev–Trinajstić information content (AvgIpc) is 2.30. The number of hydrogen-bond donors (Lipinski definition) is 1. The van der Waals surface area contributed by atoms with Crippen molar-refractivity contribution in [2.24, 2.45) is 5.73 Å². The van der Waals surface area contributed by atoms with E-state index >= 15 is 0 Å². The Labute approximate surface area is 120 Å². The molecule has 1 atom stereocenters. The number of rotatable bonds is 5. The van der Waals surface area contributed by atoms with Gasteiger partial charge >= 0.3 is 12.1 Å². The third-order valence-corrected chi connectivity index (χ3v) is 2.88. The molecule has 19 heavy (non-hydrogen) atoms. The fourth-order valence-corrected chi connectivity index (χ4v) is 2.02. The monoisotopic (exact) mass is 305 g/mol. The van der Waals surface area contributed by atoms with E-state index < -0.39 is 18.0 Å². The van der Waals surface area contributed by atoms with E-state index in [4.69, 9.17) is 38.4 Å². The maximum atomic E-state index is 10.8. The summed E-state index contributed by atoms with van der Waals surface area (Å²) in [6.07, 6.45) is -0.905. The maximum absolute atomic E-state index is 10.8. The fraction of sp³-hybridized carbons (Fsp3) is 0.333. The van der Waals surface area contributed by atoms with Crippen molar-refractivity contribution < 1.29 is 19.1 Å². The summed E-state index contributed by atoms with van der Waals surface area (Å²) in [5.74, 6) is -0.838. The van der Waals surface area contributed by atoms with Gasteiger partial charge in [0.15, 0.2) is 0 Å². The summed E-state index contributed by atoms with van der Waals surface area (Å²) in [5.41, 5.74) is 5.57. The molecule has 1 amide bonds. The molecule has 0 fully saturated rings. The number of amides is 1. The van der Waals surface area contributed by atoms with E-state index in [-0.39, 0.29) is 13.2 Å². The standard InChI is InChI=1S/C12H13Cl2NO4/c1-7(16)18-5-8(6-19-12(15)17)10-3-2-9(13)4-11(10)14/h2-4,8H,5-6H2,1H3,(H2,15,17)/t8-/m1/s1. The highest BCUT2D eigenvalue weighted by atomic mass is 35.5. The molecule has 1 aromatic rings. The van der Waals surface area contributed by atoms with Crippen molar-refractivity contribution in [2.45, 2.75) is 12.8 Å². The van der Waals surface area contributed by atoms with Crippen LogP contribution in [-0.4, -0.2) is 25.3 Å². The zero-order valence-corrected chi connectivity index (χ0v) is 11.7. The van der Waals surface area contributed by atoms with Crippen LogP contribution in [0.2, 0.25) is 10.0 Å². The topological polar surface area (TPSA) is 78.6 Å². The summed E-state index contributed by atoms with van der Waals surface area (Å²) < 4.78 is 9.65. The quantitative estimate of drug-likeness (QED) is 0.848. The van der Waals surface area contributed by atoms with Crippen LogP contribution in [0.4, 0.5) is 4.79 Å². The van der Waals surface area contributed by atoms with Crippen molar-refractivity contribution >= 4 is 35.3 Å². The summed E-state index contributed by atoms with van der Waals surface area (Å²) in [6, 6.07) is 4.89. The van der Waals surface area contributed by atoms with Gasteiger partial charge in [0.25, 0.3) is 0 Å². The second-order valence-corrected chi connectivity index (χ2v) is 4.64. The summed E-state index contributed by atoms with van der Waals surface area (Å²) in [7, 11) is 0. The zero-order chi connectivity index (χ0) is 14.4. The molecule has 0 heterocycles. The Morgan fingerprint density at radius 1 is 1.26 bits per heavy atom. The lowest BCUT2D eigenvalue weighted by Gasteiger charge is -2.18. The van der Waals surface area contributed by atoms with Crippen molar-refractivity contribution in [3.63, 3.8) is 0 Å². The van der Waals surface area contributed by atoms with Gasteiger partial charge in [0.1, 0.15) is 13.2 Å². The molecule has 0 spiro atoms. The second kappa shape index (κ2) is 7.21. The van der Waals surface area contributed by atoms with E-state index in [1.165, 1.54) is 6.92 Å². The normalized spacial score (nSPS) is 11.7. The Morgan fingerprint density at radius 2 is 1.89 bits per heavy atom. The van der Waals surface area contributed by atoms with Crippen LogP contribution in [0.25, 0.3) is 0 Å². The highest BCUT2D eigenvalue weighted by Gasteiger charge is 2.18. The number of halogens is 2. The molecule has 104 valence electrons. The van der Waals surface area contributed by atoms with Crippen molar-refractivity contribution in [2.75, 3.05) is 13.2 Å². The minimum Gasteiger partial charge on any atom is -0.465 e. The summed E-state index contributed by atoms with van der Waals surface area (Å²) >= 11 is 11.9. The molecule has 0 saturated carbocycles. The average molecular weight is 306 g/mol. The lowest BCUT2D eigenvalue weighted by molar-refractivity contribution is -0.141. The first kappa shape index (κ1) is 15.6. The highest BCUT2D eigenvalue weighted by Crippen LogP contribution is 2.28. The van der Waals surface area contributed by atoms with E-state index in [0.29, 0.717) is 15.6 Å². The van der Waals surface area contributed by atoms with Crippen molar-refractivity contribution in [1.29, 1.82) is 0 Å². The van der Waals surface area contributed by atoms with Crippen LogP contribution in [-0.2, 0) is 14.3 Å². The number of esters is 1. The molecule has 2 N–H and O–H groups in total. The number of ether oxygens (including phenoxy) is 2. The summed E-state index contributed by atoms with van der Waals surface area (Å²) in [6.45, 7) is 1.28. The number of hydrogen-bond acceptors (Lipinski definition) is 4. The molecule has 7 heteroatoms. The lowest BCUT2D eigenvalue weighted by atomic mass is 10.0. The Balaban J connectivity index is 2.86. The molecular weight excluding hydrogens is 293 g/mol. The van der Waals surface area contributed by atoms with Crippen LogP contribution in [0, 0.1) is 0 Å². The minimum atomic E-state index is -0.905. The highest BCUT2D eigenvalue weighted by molar-refractivity contribution is 6.35. The van der Waals surface area contributed by atoms with Crippen LogP contribution in [0.15, 0.2) is 18.2 Å². The van der Waals surface area contributed by atoms with Crippen LogP contribution in [0.3, 0.4) is 0 Å². The lowest BCUT2D eigenvalue weighted by Crippen LogP contribution is -2.21. The largest absolute Gasteiger partial charge is 0.465 e. The molecule has 0 radical (unpaired) electrons. The number of nitrogens with two attached hydrogens (primary N) is 1. The van der Waals surface area contributed by atoms with Crippen molar-refractivity contribution in [1.82, 2.24) is 0 Å². The minimum absolute atomic E-state index is 0.0317. The Morgan fingerprint density at radius 3 is 2.42 bits per heavy atom. The van der Waals surface area contributed by atoms with Gasteiger partial charge in [-0.15, -0.1) is 0 Å². The van der Waals surface area contributed by atoms with Gasteiger partial charge in [-0.3, -0.25) is 4.79 Å². The van der Waals surface area contributed by atoms with Gasteiger partial charge in [0.2, 0.25) is 0 Å². The number of carbonyl (C=O) groups excluding carboxylic acids is 2. The molecule has 1 aromatic carbocycles. The molecule has 0 saturated heterocycles. The molecule has 0 aliphatic heterocycles. The first-order valence-electron chi connectivity index (χ1n) is 5.40. The van der Waals surface area contributed by atoms with Crippen molar-refractivity contribution in [3.8, 4) is 0 Å². The zero-order valence-electron chi connectivity index (χ0n) is 10.2. The van der Waals surface area contributed by atoms with E-state index in [0.717, 1.165) is 0 Å². The Kier molecular flexibility index (Phi) is 5.92. The van der Waals surface area contributed by atoms with Crippen molar-refractivity contribution in [3.05, 3.63) is 33.8 Å². The van der Waals surface area contributed by atoms with Gasteiger partial charge in [-0.05, 0) is 17.7 Å². The molecule has 1 rings (SSSR count). The third-order valence-electron chi connectivity index (χ3n) is 2.32. The smallest absolute Gasteiger partial charge is 0.404 e. The van der Waals surface area contributed by atoms with Gasteiger partial charge in [-0.1, -0.05) is 29.3 Å². The van der Waals surface area contributed by atoms with Crippen LogP contribution in [0.1, 0.15) is 18.4 Å². The maximum Gasteiger partial charge on any atom is 0.404 e. The van der Waals surface area contributed by atoms with Gasteiger partial charge in [-0.2, -0.15) is 0 Å². The first-order valence-corrected chi connectivity index (χ1v) is 6.16. The Bertz CT molecular complexity index is 461. The van der Waals surface area contributed by atoms with Gasteiger partial charge < -0.3 is 15.2 Å². The SMILES string of the molecule is CC(=O)OC[C@H](COC(N)=O)c1ccc(Cl)cc1Cl. The second-order valence-electron chi connectivity index (χ2n) is 3.80. The number of primary amides is 1. The molecule has 0 unspecified atom stereocenters. The van der Waals surface area contributed by atoms with E-state index in [1.807, 2.05) is 0 Å². The molecule has 0 aliphatic rings. The molecule has 5 nitrogen and oxygen atoms in total. The van der Waals surface area contributed by atoms with E-state index in [2.05, 4.69) is 0 Å². The van der Waals surface area contributed by atoms with Gasteiger partial charge in [0, 0.05) is 17.0 Å². The molecule has 0 aromatic heterocycles. The summed E-state index contributed by atoms with van der Waals surface area (Å²) in [5, 5.41) is 0.883. The third kappa shape index (κ3) is 5.36. The molecule has 0 aliphatic carbocycles. The molecular formula is C12H13Cl2NO4. The Hall–Kier alpha value is -1.46. The van der Waals surface area contributed by atoms with Crippen LogP contribution >= 0.6 is 23.2 Å². The predicted molar refractivity (Wildman–Crippen MR) is 71.4 cm³/mol. The summed E-state index contributed by atoms with van der Waals surface area (Å²) in [4.78, 5) is 21.5. The molecule has 0 bridgehead atoms. The van der Waals surface area contributed by atoms with Crippen LogP contribution in [0.5, 0.6) is 0 Å². The van der Waals surface area contributed by atoms with E-state index in [9.17, 15) is 9.59 Å². The van der Waals surface area contributed by atoms with Gasteiger partial charge in [-0.25, -0.2) is 4.79 Å². The van der Waals surface area contributed by atoms with Gasteiger partial charge in [0.05, 0.1) is 5.92 Å². The van der Waals surface area contributed by atoms with Crippen LogP contribution < -0.4 is 5.73 Å².